The zero-order valence-electron chi connectivity index (χ0n) is 27.0. The minimum absolute atomic E-state index is 0.00153. The van der Waals surface area contributed by atoms with Gasteiger partial charge in [-0.1, -0.05) is 85.8 Å². The first-order valence-corrected chi connectivity index (χ1v) is 17.8. The molecule has 0 saturated carbocycles. The van der Waals surface area contributed by atoms with Crippen LogP contribution in [-0.4, -0.2) is 57.4 Å². The fourth-order valence-electron chi connectivity index (χ4n) is 6.66. The molecule has 0 aliphatic carbocycles. The van der Waals surface area contributed by atoms with Crippen LogP contribution in [0.1, 0.15) is 54.4 Å². The van der Waals surface area contributed by atoms with Gasteiger partial charge in [-0.3, -0.25) is 4.90 Å². The highest BCUT2D eigenvalue weighted by molar-refractivity contribution is 7.89. The molecule has 0 bridgehead atoms. The van der Waals surface area contributed by atoms with E-state index in [1.807, 2.05) is 66.7 Å². The number of hydrogen-bond donors (Lipinski definition) is 2. The SMILES string of the molecule is COCC1CCCN1CC1OC(c2cccc(-c3cccc(CNS(=O)(=O)c4ccccc4)c3)c2)OC(c2ccc(CO)cc2)C1C. The highest BCUT2D eigenvalue weighted by Gasteiger charge is 2.40. The molecule has 0 aromatic heterocycles. The summed E-state index contributed by atoms with van der Waals surface area (Å²) in [4.78, 5) is 2.73. The Hall–Kier alpha value is -3.41. The molecule has 6 rings (SSSR count). The number of nitrogens with one attached hydrogen (secondary N) is 1. The predicted molar refractivity (Wildman–Crippen MR) is 182 cm³/mol. The topological polar surface area (TPSA) is 97.3 Å². The predicted octanol–water partition coefficient (Wildman–Crippen LogP) is 6.23. The summed E-state index contributed by atoms with van der Waals surface area (Å²) in [5, 5.41) is 9.60. The van der Waals surface area contributed by atoms with E-state index >= 15 is 0 Å². The Morgan fingerprint density at radius 1 is 0.872 bits per heavy atom. The maximum atomic E-state index is 12.8. The number of hydrogen-bond acceptors (Lipinski definition) is 7. The van der Waals surface area contributed by atoms with Crippen LogP contribution in [0.25, 0.3) is 11.1 Å². The van der Waals surface area contributed by atoms with Crippen molar-refractivity contribution in [2.24, 2.45) is 5.92 Å². The molecule has 2 fully saturated rings. The molecule has 2 saturated heterocycles. The molecule has 248 valence electrons. The van der Waals surface area contributed by atoms with Crippen molar-refractivity contribution in [1.82, 2.24) is 9.62 Å². The van der Waals surface area contributed by atoms with Gasteiger partial charge in [0.15, 0.2) is 6.29 Å². The lowest BCUT2D eigenvalue weighted by molar-refractivity contribution is -0.276. The van der Waals surface area contributed by atoms with E-state index < -0.39 is 16.3 Å². The Labute approximate surface area is 278 Å². The number of rotatable bonds is 12. The van der Waals surface area contributed by atoms with Crippen molar-refractivity contribution in [3.8, 4) is 11.1 Å². The summed E-state index contributed by atoms with van der Waals surface area (Å²) >= 11 is 0. The lowest BCUT2D eigenvalue weighted by Gasteiger charge is -2.43. The normalized spacial score (nSPS) is 23.6. The lowest BCUT2D eigenvalue weighted by Crippen LogP contribution is -2.46. The first-order chi connectivity index (χ1) is 22.8. The van der Waals surface area contributed by atoms with Crippen LogP contribution in [0.3, 0.4) is 0 Å². The molecule has 47 heavy (non-hydrogen) atoms. The number of sulfonamides is 1. The third kappa shape index (κ3) is 8.01. The van der Waals surface area contributed by atoms with Gasteiger partial charge in [-0.2, -0.15) is 0 Å². The van der Waals surface area contributed by atoms with Crippen molar-refractivity contribution in [2.45, 2.75) is 62.4 Å². The van der Waals surface area contributed by atoms with Crippen molar-refractivity contribution >= 4 is 10.0 Å². The summed E-state index contributed by atoms with van der Waals surface area (Å²) < 4.78 is 47.4. The highest BCUT2D eigenvalue weighted by atomic mass is 32.2. The Kier molecular flexibility index (Phi) is 10.8. The number of benzene rings is 4. The largest absolute Gasteiger partial charge is 0.392 e. The van der Waals surface area contributed by atoms with Gasteiger partial charge in [-0.25, -0.2) is 13.1 Å². The van der Waals surface area contributed by atoms with E-state index in [1.165, 1.54) is 0 Å². The van der Waals surface area contributed by atoms with Crippen LogP contribution in [0.4, 0.5) is 0 Å². The molecular weight excluding hydrogens is 612 g/mol. The number of methoxy groups -OCH3 is 1. The molecule has 2 aliphatic heterocycles. The van der Waals surface area contributed by atoms with Crippen molar-refractivity contribution in [2.75, 3.05) is 26.8 Å². The first-order valence-electron chi connectivity index (χ1n) is 16.3. The molecule has 0 spiro atoms. The number of aliphatic hydroxyl groups excluding tert-OH is 1. The number of aliphatic hydroxyl groups is 1. The smallest absolute Gasteiger partial charge is 0.240 e. The highest BCUT2D eigenvalue weighted by Crippen LogP contribution is 2.43. The van der Waals surface area contributed by atoms with Gasteiger partial charge in [0.1, 0.15) is 0 Å². The van der Waals surface area contributed by atoms with Crippen LogP contribution in [-0.2, 0) is 37.4 Å². The summed E-state index contributed by atoms with van der Waals surface area (Å²) in [5.41, 5.74) is 5.66. The summed E-state index contributed by atoms with van der Waals surface area (Å²) in [6.07, 6.45) is 1.42. The second-order valence-corrected chi connectivity index (χ2v) is 14.3. The molecular formula is C38H44N2O6S. The molecule has 5 unspecified atom stereocenters. The van der Waals surface area contributed by atoms with E-state index in [0.717, 1.165) is 59.3 Å². The minimum atomic E-state index is -3.62. The van der Waals surface area contributed by atoms with Gasteiger partial charge < -0.3 is 19.3 Å². The standard InChI is InChI=1S/C38H44N2O6S/c1-27-36(24-40-20-8-13-34(40)26-44-2)45-38(46-37(27)30-18-16-28(25-41)17-19-30)33-12-7-11-32(22-33)31-10-6-9-29(21-31)23-39-47(42,43)35-14-4-3-5-15-35/h3-7,9-12,14-19,21-22,27,34,36-39,41H,8,13,20,23-26H2,1-2H3. The summed E-state index contributed by atoms with van der Waals surface area (Å²) in [5.74, 6) is 0.0922. The summed E-state index contributed by atoms with van der Waals surface area (Å²) in [7, 11) is -1.86. The number of likely N-dealkylation sites (tertiary alicyclic amines) is 1. The minimum Gasteiger partial charge on any atom is -0.392 e. The maximum Gasteiger partial charge on any atom is 0.240 e. The molecule has 2 aliphatic rings. The van der Waals surface area contributed by atoms with Crippen LogP contribution >= 0.6 is 0 Å². The van der Waals surface area contributed by atoms with E-state index in [-0.39, 0.29) is 36.2 Å². The van der Waals surface area contributed by atoms with E-state index in [0.29, 0.717) is 12.6 Å². The quantitative estimate of drug-likeness (QED) is 0.187. The average Bonchev–Trinajstić information content (AvgIpc) is 3.55. The zero-order valence-corrected chi connectivity index (χ0v) is 27.8. The molecule has 0 radical (unpaired) electrons. The van der Waals surface area contributed by atoms with E-state index in [2.05, 4.69) is 22.6 Å². The summed E-state index contributed by atoms with van der Waals surface area (Å²) in [6.45, 7) is 4.90. The van der Waals surface area contributed by atoms with Crippen molar-refractivity contribution in [3.05, 3.63) is 125 Å². The van der Waals surface area contributed by atoms with Crippen molar-refractivity contribution < 1.29 is 27.7 Å². The average molecular weight is 657 g/mol. The van der Waals surface area contributed by atoms with Crippen LogP contribution in [0.5, 0.6) is 0 Å². The third-order valence-electron chi connectivity index (χ3n) is 9.33. The Morgan fingerprint density at radius 2 is 1.62 bits per heavy atom. The molecule has 5 atom stereocenters. The van der Waals surface area contributed by atoms with Gasteiger partial charge in [0, 0.05) is 37.7 Å². The molecule has 9 heteroatoms. The van der Waals surface area contributed by atoms with Crippen LogP contribution in [0.15, 0.2) is 108 Å². The molecule has 2 N–H and O–H groups in total. The monoisotopic (exact) mass is 656 g/mol. The van der Waals surface area contributed by atoms with E-state index in [4.69, 9.17) is 14.2 Å². The molecule has 8 nitrogen and oxygen atoms in total. The van der Waals surface area contributed by atoms with Gasteiger partial charge in [0.2, 0.25) is 10.0 Å². The fraction of sp³-hybridized carbons (Fsp3) is 0.368. The lowest BCUT2D eigenvalue weighted by atomic mass is 9.89. The van der Waals surface area contributed by atoms with Gasteiger partial charge in [0.25, 0.3) is 0 Å². The van der Waals surface area contributed by atoms with E-state index in [9.17, 15) is 13.5 Å². The fourth-order valence-corrected chi connectivity index (χ4v) is 7.70. The Morgan fingerprint density at radius 3 is 2.36 bits per heavy atom. The Balaban J connectivity index is 1.24. The van der Waals surface area contributed by atoms with Crippen molar-refractivity contribution in [3.63, 3.8) is 0 Å². The zero-order chi connectivity index (χ0) is 32.8. The second-order valence-electron chi connectivity index (χ2n) is 12.5. The van der Waals surface area contributed by atoms with Crippen LogP contribution in [0, 0.1) is 5.92 Å². The Bertz CT molecular complexity index is 1720. The molecule has 2 heterocycles. The summed E-state index contributed by atoms with van der Waals surface area (Å²) in [6, 6.07) is 32.9. The van der Waals surface area contributed by atoms with Crippen molar-refractivity contribution in [1.29, 1.82) is 0 Å². The molecule has 4 aromatic carbocycles. The van der Waals surface area contributed by atoms with Gasteiger partial charge >= 0.3 is 0 Å². The van der Waals surface area contributed by atoms with Gasteiger partial charge in [-0.05, 0) is 71.5 Å². The first kappa shape index (κ1) is 33.5. The van der Waals surface area contributed by atoms with E-state index in [1.54, 1.807) is 37.4 Å². The van der Waals surface area contributed by atoms with Gasteiger partial charge in [0.05, 0.1) is 30.3 Å². The van der Waals surface area contributed by atoms with Crippen LogP contribution < -0.4 is 4.72 Å². The maximum absolute atomic E-state index is 12.8. The second kappa shape index (κ2) is 15.2. The number of nitrogens with zero attached hydrogens (tertiary/aromatic N) is 1. The third-order valence-corrected chi connectivity index (χ3v) is 10.8. The van der Waals surface area contributed by atoms with Crippen LogP contribution in [0.2, 0.25) is 0 Å². The number of ether oxygens (including phenoxy) is 3. The molecule has 4 aromatic rings. The molecule has 0 amide bonds. The van der Waals surface area contributed by atoms with Gasteiger partial charge in [-0.15, -0.1) is 0 Å².